The zero-order chi connectivity index (χ0) is 71.0. The van der Waals surface area contributed by atoms with Gasteiger partial charge in [0.2, 0.25) is 41.4 Å². The van der Waals surface area contributed by atoms with Gasteiger partial charge in [-0.2, -0.15) is 0 Å². The molecule has 3 aromatic rings. The summed E-state index contributed by atoms with van der Waals surface area (Å²) >= 11 is 0. The van der Waals surface area contributed by atoms with Crippen LogP contribution in [0.15, 0.2) is 47.7 Å². The van der Waals surface area contributed by atoms with Crippen molar-refractivity contribution in [1.29, 1.82) is 0 Å². The fourth-order valence-corrected chi connectivity index (χ4v) is 10.1. The number of aliphatic carboxylic acids is 1. The summed E-state index contributed by atoms with van der Waals surface area (Å²) in [5.41, 5.74) is 12.5. The number of guanidine groups is 1. The maximum absolute atomic E-state index is 14.3. The molecule has 2 aromatic heterocycles. The van der Waals surface area contributed by atoms with Gasteiger partial charge in [-0.25, -0.2) is 9.36 Å². The van der Waals surface area contributed by atoms with E-state index in [1.165, 1.54) is 15.6 Å². The van der Waals surface area contributed by atoms with Crippen LogP contribution in [-0.2, 0) is 91.0 Å². The summed E-state index contributed by atoms with van der Waals surface area (Å²) in [6, 6.07) is 3.97. The number of fused-ring (bicyclic) bond motifs is 2. The molecule has 2 bridgehead atoms. The number of nitrogens with zero attached hydrogens (tertiary/aromatic N) is 8. The molecule has 546 valence electrons. The van der Waals surface area contributed by atoms with Gasteiger partial charge in [0.15, 0.2) is 12.1 Å². The van der Waals surface area contributed by atoms with Crippen LogP contribution in [0.4, 0.5) is 4.39 Å². The number of carboxylic acid groups (broad SMARTS) is 1. The Morgan fingerprint density at radius 1 is 0.714 bits per heavy atom. The molecule has 1 saturated heterocycles. The van der Waals surface area contributed by atoms with Crippen molar-refractivity contribution in [1.82, 2.24) is 72.1 Å². The molecule has 1 aromatic carbocycles. The number of hydrogen-bond acceptors (Lipinski definition) is 23. The highest BCUT2D eigenvalue weighted by Crippen LogP contribution is 2.24. The Bertz CT molecular complexity index is 2960. The number of aromatic nitrogens is 6. The second-order valence-corrected chi connectivity index (χ2v) is 23.0. The van der Waals surface area contributed by atoms with E-state index < -0.39 is 116 Å². The van der Waals surface area contributed by atoms with Crippen LogP contribution < -0.4 is 48.7 Å². The number of amides is 8. The first-order chi connectivity index (χ1) is 47.3. The Morgan fingerprint density at radius 3 is 2.01 bits per heavy atom. The van der Waals surface area contributed by atoms with Crippen LogP contribution in [0, 0.1) is 0 Å². The molecule has 0 radical (unpaired) electrons. The molecule has 15 N–H and O–H groups in total. The number of nitrogens with two attached hydrogens (primary N) is 2. The first-order valence-electron chi connectivity index (χ1n) is 32.8. The Hall–Kier alpha value is -8.43. The fraction of sp³-hybridized carbons (Fsp3) is 0.672. The third-order valence-electron chi connectivity index (χ3n) is 15.2. The lowest BCUT2D eigenvalue weighted by Gasteiger charge is -2.40. The lowest BCUT2D eigenvalue weighted by molar-refractivity contribution is -0.219. The summed E-state index contributed by atoms with van der Waals surface area (Å²) in [5.74, 6) is -6.55. The largest absolute Gasteiger partial charge is 0.481 e. The van der Waals surface area contributed by atoms with Crippen LogP contribution in [0.5, 0.6) is 0 Å². The van der Waals surface area contributed by atoms with Crippen molar-refractivity contribution in [3.63, 3.8) is 0 Å². The summed E-state index contributed by atoms with van der Waals surface area (Å²) in [6.45, 7) is 3.99. The molecule has 36 nitrogen and oxygen atoms in total. The summed E-state index contributed by atoms with van der Waals surface area (Å²) in [7, 11) is 0. The van der Waals surface area contributed by atoms with Crippen LogP contribution in [0.2, 0.25) is 0 Å². The summed E-state index contributed by atoms with van der Waals surface area (Å²) in [5, 5.41) is 76.6. The van der Waals surface area contributed by atoms with Crippen molar-refractivity contribution in [2.45, 2.75) is 145 Å². The van der Waals surface area contributed by atoms with Crippen LogP contribution >= 0.6 is 0 Å². The number of aliphatic hydroxyl groups is 3. The lowest BCUT2D eigenvalue weighted by Crippen LogP contribution is -2.63. The van der Waals surface area contributed by atoms with E-state index in [0.717, 1.165) is 12.0 Å². The number of carboxylic acids is 1. The monoisotopic (exact) mass is 1390 g/mol. The van der Waals surface area contributed by atoms with Gasteiger partial charge in [-0.05, 0) is 63.4 Å². The number of aliphatic imine (C=N–C) groups is 1. The van der Waals surface area contributed by atoms with Crippen LogP contribution in [0.1, 0.15) is 100 Å². The summed E-state index contributed by atoms with van der Waals surface area (Å²) in [4.78, 5) is 123. The minimum absolute atomic E-state index is 0.0000657. The van der Waals surface area contributed by atoms with E-state index >= 15 is 0 Å². The zero-order valence-electron chi connectivity index (χ0n) is 55.2. The Labute approximate surface area is 565 Å². The number of aliphatic hydroxyl groups excluding tert-OH is 3. The quantitative estimate of drug-likeness (QED) is 0.0144. The van der Waals surface area contributed by atoms with Gasteiger partial charge in [0.05, 0.1) is 104 Å². The standard InChI is InChI=1S/C61H96FN17O19/c1-2-21-77(51(83)39-78-37-41(73-75-78)12-8-17-62)22-20-65-48(80)15-23-93-25-27-95-29-31-97-32-30-96-28-26-94-24-16-49(81)68-35-47-53(86)54(87)55(88)56(98-47)60(92)66-18-7-6-14-46-59(91)71-42(13-9-19-67-61(63)64)57(89)69-36-50(82)70-44(34-52(84)85)58(90)72-43(45-38-79(46)76-74-45)33-40-10-4-3-5-11-40/h3-5,10-11,37-38,42-44,46-47,53-56,86-88H,2,6-9,12-36,39H2,1H3,(H,65,80)(H,66,92)(H,68,81)(H,69,89)(H,70,82)(H,71,91)(H,72,90)(H,84,85)(H4,63,64,67)/t42-,43-,44-,46-,47+,53+,54?,55-,56?/m0/s1. The minimum atomic E-state index is -1.86. The molecule has 5 rings (SSSR count). The van der Waals surface area contributed by atoms with Gasteiger partial charge in [0.1, 0.15) is 54.8 Å². The Kier molecular flexibility index (Phi) is 37.0. The van der Waals surface area contributed by atoms with Crippen molar-refractivity contribution in [2.75, 3.05) is 119 Å². The van der Waals surface area contributed by atoms with Crippen molar-refractivity contribution >= 4 is 59.2 Å². The lowest BCUT2D eigenvalue weighted by atomic mass is 9.94. The highest BCUT2D eigenvalue weighted by Gasteiger charge is 2.46. The van der Waals surface area contributed by atoms with Crippen molar-refractivity contribution in [3.8, 4) is 0 Å². The summed E-state index contributed by atoms with van der Waals surface area (Å²) in [6.07, 6.45) is -3.74. The number of ether oxygens (including phenoxy) is 6. The molecular formula is C61H96FN17O19. The molecule has 2 unspecified atom stereocenters. The van der Waals surface area contributed by atoms with E-state index in [4.69, 9.17) is 39.9 Å². The van der Waals surface area contributed by atoms with E-state index in [1.54, 1.807) is 41.4 Å². The molecule has 2 aliphatic heterocycles. The van der Waals surface area contributed by atoms with Gasteiger partial charge in [0, 0.05) is 58.3 Å². The SMILES string of the molecule is CCCN(CCNC(=O)CCOCCOCCOCCOCCOCCC(=O)NC[C@H]1OC(C(=O)NCCCC[C@H]2C(=O)N[C@@H](CCCN=C(N)N)C(=O)NCC(=O)N[C@@H](CC(=O)O)C(=O)N[C@@H](Cc3ccccc3)c3cn2nn3)[C@@H](O)C(O)[C@@H]1O)C(=O)Cn1cc(CCCF)nn1. The maximum atomic E-state index is 14.3. The highest BCUT2D eigenvalue weighted by molar-refractivity contribution is 5.94. The number of benzene rings is 1. The van der Waals surface area contributed by atoms with Crippen LogP contribution in [0.3, 0.4) is 0 Å². The van der Waals surface area contributed by atoms with Gasteiger partial charge in [-0.15, -0.1) is 10.2 Å². The van der Waals surface area contributed by atoms with Crippen molar-refractivity contribution in [2.24, 2.45) is 16.5 Å². The minimum Gasteiger partial charge on any atom is -0.481 e. The molecule has 0 spiro atoms. The first-order valence-corrected chi connectivity index (χ1v) is 32.8. The Balaban J connectivity index is 0.966. The molecule has 8 amide bonds. The number of nitrogens with one attached hydrogen (secondary N) is 7. The number of carbonyl (C=O) groups excluding carboxylic acids is 8. The van der Waals surface area contributed by atoms with E-state index in [-0.39, 0.29) is 147 Å². The van der Waals surface area contributed by atoms with Gasteiger partial charge < -0.3 is 102 Å². The first kappa shape index (κ1) is 80.3. The van der Waals surface area contributed by atoms with E-state index in [1.807, 2.05) is 6.92 Å². The molecule has 37 heteroatoms. The Morgan fingerprint density at radius 2 is 1.37 bits per heavy atom. The van der Waals surface area contributed by atoms with Crippen LogP contribution in [0.25, 0.3) is 0 Å². The predicted molar refractivity (Wildman–Crippen MR) is 343 cm³/mol. The third-order valence-corrected chi connectivity index (χ3v) is 15.2. The van der Waals surface area contributed by atoms with Gasteiger partial charge in [-0.3, -0.25) is 52.5 Å². The van der Waals surface area contributed by atoms with Crippen LogP contribution in [-0.4, -0.2) is 276 Å². The number of unbranched alkanes of at least 4 members (excludes halogenated alkanes) is 1. The van der Waals surface area contributed by atoms with Crippen molar-refractivity contribution in [3.05, 3.63) is 59.7 Å². The predicted octanol–water partition coefficient (Wildman–Crippen LogP) is -4.49. The molecule has 2 aliphatic rings. The van der Waals surface area contributed by atoms with E-state index in [0.29, 0.717) is 58.1 Å². The molecular weight excluding hydrogens is 1290 g/mol. The van der Waals surface area contributed by atoms with Gasteiger partial charge in [-0.1, -0.05) is 47.7 Å². The fourth-order valence-electron chi connectivity index (χ4n) is 10.1. The molecule has 9 atom stereocenters. The molecule has 0 saturated carbocycles. The van der Waals surface area contributed by atoms with Gasteiger partial charge in [0.25, 0.3) is 5.91 Å². The average Bonchev–Trinajstić information content (AvgIpc) is 1.02. The topological polar surface area (TPSA) is 503 Å². The normalized spacial score (nSPS) is 20.6. The highest BCUT2D eigenvalue weighted by atomic mass is 19.1. The number of carbonyl (C=O) groups is 9. The second kappa shape index (κ2) is 45.2. The van der Waals surface area contributed by atoms with Crippen molar-refractivity contribution < 1.29 is 96.4 Å². The van der Waals surface area contributed by atoms with E-state index in [2.05, 4.69) is 62.8 Å². The average molecular weight is 1390 g/mol. The second-order valence-electron chi connectivity index (χ2n) is 23.0. The number of halogens is 1. The zero-order valence-corrected chi connectivity index (χ0v) is 55.2. The maximum Gasteiger partial charge on any atom is 0.305 e. The summed E-state index contributed by atoms with van der Waals surface area (Å²) < 4.78 is 48.4. The molecule has 1 fully saturated rings. The number of hydrogen-bond donors (Lipinski definition) is 13. The number of aryl methyl sites for hydroxylation is 1. The molecule has 0 aliphatic carbocycles. The molecule has 4 heterocycles. The van der Waals surface area contributed by atoms with Gasteiger partial charge >= 0.3 is 5.97 Å². The number of rotatable bonds is 44. The molecule has 98 heavy (non-hydrogen) atoms. The smallest absolute Gasteiger partial charge is 0.305 e. The third kappa shape index (κ3) is 30.1. The number of alkyl halides is 1. The van der Waals surface area contributed by atoms with E-state index in [9.17, 15) is 68.0 Å².